The molecule has 0 heterocycles. The van der Waals surface area contributed by atoms with E-state index in [-0.39, 0.29) is 0 Å². The lowest BCUT2D eigenvalue weighted by Crippen LogP contribution is -2.31. The molecule has 0 aliphatic rings. The number of amides is 2. The number of rotatable bonds is 2. The van der Waals surface area contributed by atoms with Crippen molar-refractivity contribution in [1.29, 1.82) is 0 Å². The van der Waals surface area contributed by atoms with Crippen LogP contribution in [0.3, 0.4) is 0 Å². The summed E-state index contributed by atoms with van der Waals surface area (Å²) in [6.45, 7) is -0.411. The van der Waals surface area contributed by atoms with Gasteiger partial charge < -0.3 is 4.74 Å². The van der Waals surface area contributed by atoms with Gasteiger partial charge in [0.1, 0.15) is 6.54 Å². The molecule has 1 N–H and O–H groups in total. The lowest BCUT2D eigenvalue weighted by Gasteiger charge is -1.97. The van der Waals surface area contributed by atoms with E-state index in [2.05, 4.69) is 14.8 Å². The highest BCUT2D eigenvalue weighted by molar-refractivity contribution is 5.92. The third-order valence-electron chi connectivity index (χ3n) is 0.704. The van der Waals surface area contributed by atoms with Gasteiger partial charge in [-0.15, -0.1) is 0 Å². The third kappa shape index (κ3) is 4.73. The second-order valence-electron chi connectivity index (χ2n) is 1.43. The van der Waals surface area contributed by atoms with E-state index in [1.165, 1.54) is 0 Å². The van der Waals surface area contributed by atoms with Gasteiger partial charge in [-0.1, -0.05) is 5.11 Å². The number of ether oxygens (including phenoxy) is 1. The van der Waals surface area contributed by atoms with Gasteiger partial charge in [0.15, 0.2) is 0 Å². The standard InChI is InChI=1S/C4H6N4O3/c1-11-4(10)7-3(9)2-6-8-5/h2H2,1H3,(H,7,9,10). The molecule has 7 nitrogen and oxygen atoms in total. The fourth-order valence-corrected chi connectivity index (χ4v) is 0.300. The molecule has 0 bridgehead atoms. The smallest absolute Gasteiger partial charge is 0.413 e. The van der Waals surface area contributed by atoms with Gasteiger partial charge in [-0.2, -0.15) is 0 Å². The highest BCUT2D eigenvalue weighted by Gasteiger charge is 2.04. The molecule has 2 amide bonds. The molecular weight excluding hydrogens is 152 g/mol. The van der Waals surface area contributed by atoms with Gasteiger partial charge in [0, 0.05) is 4.91 Å². The molecule has 7 heteroatoms. The Labute approximate surface area is 62.0 Å². The van der Waals surface area contributed by atoms with E-state index < -0.39 is 18.5 Å². The lowest BCUT2D eigenvalue weighted by molar-refractivity contribution is -0.119. The number of hydrogen-bond donors (Lipinski definition) is 1. The Bertz CT molecular complexity index is 207. The molecule has 0 saturated heterocycles. The first kappa shape index (κ1) is 9.25. The zero-order valence-electron chi connectivity index (χ0n) is 5.77. The summed E-state index contributed by atoms with van der Waals surface area (Å²) < 4.78 is 4.10. The van der Waals surface area contributed by atoms with Crippen LogP contribution >= 0.6 is 0 Å². The summed E-state index contributed by atoms with van der Waals surface area (Å²) in [7, 11) is 1.12. The van der Waals surface area contributed by atoms with Crippen LogP contribution in [-0.2, 0) is 9.53 Å². The first-order valence-corrected chi connectivity index (χ1v) is 2.59. The first-order chi connectivity index (χ1) is 5.20. The van der Waals surface area contributed by atoms with Crippen LogP contribution in [0.1, 0.15) is 0 Å². The highest BCUT2D eigenvalue weighted by Crippen LogP contribution is 1.75. The molecule has 0 spiro atoms. The molecule has 0 aromatic heterocycles. The Kier molecular flexibility index (Phi) is 4.26. The molecular formula is C4H6N4O3. The summed E-state index contributed by atoms with van der Waals surface area (Å²) >= 11 is 0. The van der Waals surface area contributed by atoms with Crippen LogP contribution in [0.15, 0.2) is 5.11 Å². The minimum Gasteiger partial charge on any atom is -0.453 e. The van der Waals surface area contributed by atoms with Gasteiger partial charge in [-0.05, 0) is 5.53 Å². The van der Waals surface area contributed by atoms with Crippen molar-refractivity contribution >= 4 is 12.0 Å². The number of methoxy groups -OCH3 is 1. The van der Waals surface area contributed by atoms with Crippen LogP contribution in [0.5, 0.6) is 0 Å². The Hall–Kier alpha value is -1.75. The number of nitrogens with zero attached hydrogens (tertiary/aromatic N) is 3. The van der Waals surface area contributed by atoms with Gasteiger partial charge in [-0.25, -0.2) is 4.79 Å². The summed E-state index contributed by atoms with van der Waals surface area (Å²) in [6, 6.07) is 0. The maximum atomic E-state index is 10.5. The summed E-state index contributed by atoms with van der Waals surface area (Å²) in [6.07, 6.45) is -0.872. The average molecular weight is 158 g/mol. The largest absolute Gasteiger partial charge is 0.453 e. The van der Waals surface area contributed by atoms with E-state index in [1.807, 2.05) is 0 Å². The number of hydrogen-bond acceptors (Lipinski definition) is 4. The summed E-state index contributed by atoms with van der Waals surface area (Å²) in [4.78, 5) is 23.1. The Morgan fingerprint density at radius 1 is 1.73 bits per heavy atom. The van der Waals surface area contributed by atoms with Crippen LogP contribution in [0.2, 0.25) is 0 Å². The molecule has 0 fully saturated rings. The van der Waals surface area contributed by atoms with Crippen LogP contribution in [0, 0.1) is 0 Å². The first-order valence-electron chi connectivity index (χ1n) is 2.59. The van der Waals surface area contributed by atoms with Gasteiger partial charge in [0.25, 0.3) is 0 Å². The van der Waals surface area contributed by atoms with Crippen LogP contribution in [0.4, 0.5) is 4.79 Å². The molecule has 0 radical (unpaired) electrons. The van der Waals surface area contributed by atoms with Gasteiger partial charge >= 0.3 is 6.09 Å². The quantitative estimate of drug-likeness (QED) is 0.352. The SMILES string of the molecule is COC(=O)NC(=O)CN=[N+]=[N-]. The van der Waals surface area contributed by atoms with Crippen LogP contribution < -0.4 is 5.32 Å². The Morgan fingerprint density at radius 3 is 2.82 bits per heavy atom. The minimum atomic E-state index is -0.872. The fourth-order valence-electron chi connectivity index (χ4n) is 0.300. The number of carbonyl (C=O) groups is 2. The van der Waals surface area contributed by atoms with Gasteiger partial charge in [-0.3, -0.25) is 10.1 Å². The molecule has 0 aromatic rings. The zero-order chi connectivity index (χ0) is 8.69. The van der Waals surface area contributed by atoms with Gasteiger partial charge in [0.05, 0.1) is 7.11 Å². The topological polar surface area (TPSA) is 104 Å². The van der Waals surface area contributed by atoms with Crippen molar-refractivity contribution in [2.45, 2.75) is 0 Å². The second-order valence-corrected chi connectivity index (χ2v) is 1.43. The summed E-state index contributed by atoms with van der Waals surface area (Å²) in [5, 5.41) is 4.72. The van der Waals surface area contributed by atoms with Crippen molar-refractivity contribution in [3.05, 3.63) is 10.4 Å². The number of imide groups is 1. The zero-order valence-corrected chi connectivity index (χ0v) is 5.77. The van der Waals surface area contributed by atoms with E-state index in [0.29, 0.717) is 0 Å². The lowest BCUT2D eigenvalue weighted by atomic mass is 10.6. The molecule has 0 saturated carbocycles. The normalized spacial score (nSPS) is 7.73. The predicted molar refractivity (Wildman–Crippen MR) is 34.6 cm³/mol. The van der Waals surface area contributed by atoms with Crippen LogP contribution in [0.25, 0.3) is 10.4 Å². The molecule has 0 atom stereocenters. The van der Waals surface area contributed by atoms with E-state index in [4.69, 9.17) is 5.53 Å². The van der Waals surface area contributed by atoms with Crippen molar-refractivity contribution in [2.75, 3.05) is 13.7 Å². The Balaban J connectivity index is 3.69. The molecule has 0 aliphatic carbocycles. The molecule has 60 valence electrons. The second kappa shape index (κ2) is 5.07. The minimum absolute atomic E-state index is 0.411. The van der Waals surface area contributed by atoms with Crippen molar-refractivity contribution in [3.8, 4) is 0 Å². The molecule has 0 aromatic carbocycles. The maximum Gasteiger partial charge on any atom is 0.413 e. The molecule has 0 rings (SSSR count). The number of alkyl carbamates (subject to hydrolysis) is 1. The average Bonchev–Trinajstić information content (AvgIpc) is 2.00. The number of carbonyl (C=O) groups excluding carboxylic acids is 2. The van der Waals surface area contributed by atoms with E-state index in [1.54, 1.807) is 5.32 Å². The predicted octanol–water partition coefficient (Wildman–Crippen LogP) is 0.179. The van der Waals surface area contributed by atoms with E-state index >= 15 is 0 Å². The van der Waals surface area contributed by atoms with Gasteiger partial charge in [0.2, 0.25) is 5.91 Å². The molecule has 11 heavy (non-hydrogen) atoms. The highest BCUT2D eigenvalue weighted by atomic mass is 16.5. The van der Waals surface area contributed by atoms with Crippen molar-refractivity contribution in [3.63, 3.8) is 0 Å². The summed E-state index contributed by atoms with van der Waals surface area (Å²) in [5.74, 6) is -0.699. The number of azide groups is 1. The number of nitrogens with one attached hydrogen (secondary N) is 1. The third-order valence-corrected chi connectivity index (χ3v) is 0.704. The molecule has 0 aliphatic heterocycles. The van der Waals surface area contributed by atoms with Crippen LogP contribution in [-0.4, -0.2) is 25.7 Å². The monoisotopic (exact) mass is 158 g/mol. The van der Waals surface area contributed by atoms with E-state index in [0.717, 1.165) is 7.11 Å². The molecule has 0 unspecified atom stereocenters. The Morgan fingerprint density at radius 2 is 2.36 bits per heavy atom. The maximum absolute atomic E-state index is 10.5. The van der Waals surface area contributed by atoms with Crippen molar-refractivity contribution in [1.82, 2.24) is 5.32 Å². The van der Waals surface area contributed by atoms with E-state index in [9.17, 15) is 9.59 Å². The van der Waals surface area contributed by atoms with Crippen molar-refractivity contribution < 1.29 is 14.3 Å². The summed E-state index contributed by atoms with van der Waals surface area (Å²) in [5.41, 5.74) is 7.77. The fraction of sp³-hybridized carbons (Fsp3) is 0.500. The van der Waals surface area contributed by atoms with Crippen molar-refractivity contribution in [2.24, 2.45) is 5.11 Å².